The molecule has 0 radical (unpaired) electrons. The van der Waals surface area contributed by atoms with E-state index in [1.54, 1.807) is 0 Å². The molecule has 304 valence electrons. The standard InChI is InChI=1S/C50H63NO6/c1-33-13-12-25-47(4)42(40-23-21-34(29-38(52)22-20-33)30-41(40)43(53)36-15-7-6-8-16-36)24-26-49(47,56)32-51(31-37-18-11-17-35-14-9-10-19-39(35)37)44(54)50-28-27-48(5,45(55)57-50)46(50,2)3/h9-11,13-14,17-19,21,23,30,36,38,42,52,56H,6-8,12,15-16,20,22,24-29,31-32H2,1-5H3/t38-,42-,47-,48-,49+,50+/m0/s1. The van der Waals surface area contributed by atoms with Crippen LogP contribution in [0.15, 0.2) is 72.3 Å². The minimum absolute atomic E-state index is 0.0173. The highest BCUT2D eigenvalue weighted by molar-refractivity contribution is 6.00. The Hall–Kier alpha value is -3.81. The molecule has 3 saturated carbocycles. The van der Waals surface area contributed by atoms with E-state index in [9.17, 15) is 19.8 Å². The molecule has 0 aromatic heterocycles. The molecule has 0 spiro atoms. The SMILES string of the molecule is CC1=CCC[C@@]2(C)[C@@H](CC[C@@]2(O)CN(Cc2cccc3ccccc23)C(=O)[C@@]23CC[C@@](C)(C(=O)O2)C3(C)C)c2ccc(cc2C(=O)C2CCCCC2)C[C@@H](O)CC1. The Balaban J connectivity index is 1.23. The van der Waals surface area contributed by atoms with Crippen LogP contribution in [0.3, 0.4) is 0 Å². The van der Waals surface area contributed by atoms with E-state index in [1.807, 2.05) is 43.9 Å². The first-order chi connectivity index (χ1) is 27.1. The Morgan fingerprint density at radius 2 is 1.63 bits per heavy atom. The van der Waals surface area contributed by atoms with Gasteiger partial charge in [-0.3, -0.25) is 14.4 Å². The molecular weight excluding hydrogens is 711 g/mol. The maximum absolute atomic E-state index is 15.5. The Morgan fingerprint density at radius 1 is 0.877 bits per heavy atom. The van der Waals surface area contributed by atoms with Crippen molar-refractivity contribution in [3.63, 3.8) is 0 Å². The molecule has 1 amide bonds. The lowest BCUT2D eigenvalue weighted by atomic mass is 9.64. The van der Waals surface area contributed by atoms with Crippen molar-refractivity contribution >= 4 is 28.4 Å². The number of carbonyl (C=O) groups is 3. The normalized spacial score (nSPS) is 32.8. The van der Waals surface area contributed by atoms with E-state index in [0.717, 1.165) is 78.0 Å². The molecule has 5 aliphatic carbocycles. The molecule has 9 rings (SSSR count). The van der Waals surface area contributed by atoms with Crippen LogP contribution in [0.25, 0.3) is 10.8 Å². The number of aliphatic hydroxyl groups is 2. The summed E-state index contributed by atoms with van der Waals surface area (Å²) in [6.07, 6.45) is 12.3. The molecule has 4 fully saturated rings. The fourth-order valence-electron chi connectivity index (χ4n) is 11.9. The van der Waals surface area contributed by atoms with E-state index >= 15 is 4.79 Å². The Bertz CT molecular complexity index is 2090. The van der Waals surface area contributed by atoms with Crippen LogP contribution in [-0.2, 0) is 27.3 Å². The number of rotatable bonds is 7. The summed E-state index contributed by atoms with van der Waals surface area (Å²) in [6, 6.07) is 20.6. The third kappa shape index (κ3) is 6.50. The summed E-state index contributed by atoms with van der Waals surface area (Å²) >= 11 is 0. The van der Waals surface area contributed by atoms with E-state index < -0.39 is 33.6 Å². The van der Waals surface area contributed by atoms with E-state index in [1.165, 1.54) is 5.57 Å². The molecule has 1 aliphatic heterocycles. The van der Waals surface area contributed by atoms with Crippen molar-refractivity contribution in [2.45, 2.75) is 154 Å². The van der Waals surface area contributed by atoms with Gasteiger partial charge in [0.15, 0.2) is 11.4 Å². The number of benzene rings is 3. The van der Waals surface area contributed by atoms with Crippen molar-refractivity contribution in [2.75, 3.05) is 6.54 Å². The van der Waals surface area contributed by atoms with Crippen molar-refractivity contribution in [2.24, 2.45) is 22.2 Å². The lowest BCUT2D eigenvalue weighted by molar-refractivity contribution is -0.178. The van der Waals surface area contributed by atoms with Crippen LogP contribution in [0.5, 0.6) is 0 Å². The van der Waals surface area contributed by atoms with Crippen LogP contribution in [0.4, 0.5) is 0 Å². The molecule has 57 heavy (non-hydrogen) atoms. The van der Waals surface area contributed by atoms with Crippen LogP contribution < -0.4 is 0 Å². The highest BCUT2D eigenvalue weighted by atomic mass is 16.6. The van der Waals surface area contributed by atoms with Gasteiger partial charge < -0.3 is 19.8 Å². The smallest absolute Gasteiger partial charge is 0.313 e. The molecule has 0 unspecified atom stereocenters. The van der Waals surface area contributed by atoms with Crippen LogP contribution in [0.1, 0.15) is 151 Å². The second-order valence-electron chi connectivity index (χ2n) is 19.6. The van der Waals surface area contributed by atoms with Crippen LogP contribution in [-0.4, -0.2) is 56.6 Å². The largest absolute Gasteiger partial charge is 0.448 e. The summed E-state index contributed by atoms with van der Waals surface area (Å²) in [7, 11) is 0. The first-order valence-electron chi connectivity index (χ1n) is 21.9. The molecule has 3 aromatic rings. The molecule has 7 heteroatoms. The van der Waals surface area contributed by atoms with Crippen LogP contribution in [0, 0.1) is 22.2 Å². The van der Waals surface area contributed by atoms with E-state index in [4.69, 9.17) is 4.74 Å². The summed E-state index contributed by atoms with van der Waals surface area (Å²) in [5, 5.41) is 26.7. The Morgan fingerprint density at radius 3 is 2.37 bits per heavy atom. The van der Waals surface area contributed by atoms with Gasteiger partial charge in [-0.1, -0.05) is 106 Å². The zero-order valence-electron chi connectivity index (χ0n) is 34.9. The van der Waals surface area contributed by atoms with Gasteiger partial charge in [0, 0.05) is 28.9 Å². The summed E-state index contributed by atoms with van der Waals surface area (Å²) < 4.78 is 6.24. The lowest BCUT2D eigenvalue weighted by Gasteiger charge is -2.48. The van der Waals surface area contributed by atoms with E-state index in [-0.39, 0.29) is 42.6 Å². The number of allylic oxidation sites excluding steroid dienone is 2. The second kappa shape index (κ2) is 14.8. The average molecular weight is 774 g/mol. The fraction of sp³-hybridized carbons (Fsp3) is 0.580. The lowest BCUT2D eigenvalue weighted by Crippen LogP contribution is -2.60. The number of esters is 1. The van der Waals surface area contributed by atoms with Gasteiger partial charge in [0.25, 0.3) is 5.91 Å². The molecule has 1 heterocycles. The number of nitrogens with zero attached hydrogens (tertiary/aromatic N) is 1. The van der Waals surface area contributed by atoms with Crippen molar-refractivity contribution in [1.82, 2.24) is 4.90 Å². The first kappa shape index (κ1) is 40.0. The van der Waals surface area contributed by atoms with E-state index in [2.05, 4.69) is 62.4 Å². The number of hydrogen-bond acceptors (Lipinski definition) is 6. The van der Waals surface area contributed by atoms with Gasteiger partial charge in [-0.15, -0.1) is 0 Å². The molecule has 6 atom stereocenters. The Kier molecular flexibility index (Phi) is 10.4. The maximum Gasteiger partial charge on any atom is 0.313 e. The quantitative estimate of drug-likeness (QED) is 0.141. The van der Waals surface area contributed by atoms with Crippen LogP contribution >= 0.6 is 0 Å². The Labute approximate surface area is 339 Å². The van der Waals surface area contributed by atoms with Crippen molar-refractivity contribution in [1.29, 1.82) is 0 Å². The number of fused-ring (bicyclic) bond motifs is 11. The van der Waals surface area contributed by atoms with Gasteiger partial charge in [0.05, 0.1) is 23.7 Å². The second-order valence-corrected chi connectivity index (χ2v) is 19.6. The molecule has 1 saturated heterocycles. The highest BCUT2D eigenvalue weighted by Crippen LogP contribution is 2.66. The average Bonchev–Trinajstić information content (AvgIpc) is 3.64. The maximum atomic E-state index is 15.5. The van der Waals surface area contributed by atoms with Gasteiger partial charge in [-0.2, -0.15) is 0 Å². The molecule has 2 N–H and O–H groups in total. The minimum atomic E-state index is -1.33. The number of Topliss-reactive ketones (excluding diaryl/α,β-unsaturated/α-hetero) is 1. The predicted molar refractivity (Wildman–Crippen MR) is 224 cm³/mol. The number of amides is 1. The third-order valence-corrected chi connectivity index (χ3v) is 16.3. The third-order valence-electron chi connectivity index (χ3n) is 16.3. The van der Waals surface area contributed by atoms with Gasteiger partial charge >= 0.3 is 5.97 Å². The van der Waals surface area contributed by atoms with Gasteiger partial charge in [0.1, 0.15) is 0 Å². The van der Waals surface area contributed by atoms with Gasteiger partial charge in [0.2, 0.25) is 0 Å². The molecule has 6 aliphatic rings. The predicted octanol–water partition coefficient (Wildman–Crippen LogP) is 9.79. The summed E-state index contributed by atoms with van der Waals surface area (Å²) in [5.74, 6) is -0.505. The number of aliphatic hydroxyl groups excluding tert-OH is 1. The molecular formula is C50H63NO6. The zero-order chi connectivity index (χ0) is 40.4. The summed E-state index contributed by atoms with van der Waals surface area (Å²) in [6.45, 7) is 10.6. The fourth-order valence-corrected chi connectivity index (χ4v) is 11.9. The first-order valence-corrected chi connectivity index (χ1v) is 21.9. The van der Waals surface area contributed by atoms with Crippen LogP contribution in [0.2, 0.25) is 0 Å². The van der Waals surface area contributed by atoms with Crippen molar-refractivity contribution < 1.29 is 29.3 Å². The number of ether oxygens (including phenoxy) is 1. The molecule has 3 aromatic carbocycles. The monoisotopic (exact) mass is 773 g/mol. The number of ketones is 1. The van der Waals surface area contributed by atoms with Gasteiger partial charge in [-0.25, -0.2) is 0 Å². The highest BCUT2D eigenvalue weighted by Gasteiger charge is 2.76. The molecule has 4 bridgehead atoms. The minimum Gasteiger partial charge on any atom is -0.448 e. The van der Waals surface area contributed by atoms with E-state index in [0.29, 0.717) is 44.9 Å². The van der Waals surface area contributed by atoms with Crippen molar-refractivity contribution in [3.05, 3.63) is 94.6 Å². The zero-order valence-corrected chi connectivity index (χ0v) is 34.9. The number of hydrogen-bond donors (Lipinski definition) is 2. The van der Waals surface area contributed by atoms with Gasteiger partial charge in [-0.05, 0) is 124 Å². The number of carbonyl (C=O) groups excluding carboxylic acids is 3. The molecule has 7 nitrogen and oxygen atoms in total. The topological polar surface area (TPSA) is 104 Å². The van der Waals surface area contributed by atoms with Crippen molar-refractivity contribution in [3.8, 4) is 0 Å². The summed E-state index contributed by atoms with van der Waals surface area (Å²) in [4.78, 5) is 45.4. The summed E-state index contributed by atoms with van der Waals surface area (Å²) in [5.41, 5.74) is 0.0402.